The third-order valence-corrected chi connectivity index (χ3v) is 3.49. The van der Waals surface area contributed by atoms with Crippen LogP contribution in [0.1, 0.15) is 17.4 Å². The molecule has 0 spiro atoms. The lowest BCUT2D eigenvalue weighted by atomic mass is 10.1. The quantitative estimate of drug-likeness (QED) is 0.907. The van der Waals surface area contributed by atoms with Crippen molar-refractivity contribution >= 4 is 17.0 Å². The molecule has 0 saturated carbocycles. The molecular formula is C14H13FN2S. The van der Waals surface area contributed by atoms with Gasteiger partial charge in [0.05, 0.1) is 5.56 Å². The van der Waals surface area contributed by atoms with Gasteiger partial charge in [-0.05, 0) is 36.6 Å². The molecule has 1 heterocycles. The Hall–Kier alpha value is -1.86. The van der Waals surface area contributed by atoms with Gasteiger partial charge in [-0.3, -0.25) is 0 Å². The number of hydrogen-bond donors (Lipinski definition) is 1. The first-order valence-corrected chi connectivity index (χ1v) is 6.55. The Labute approximate surface area is 110 Å². The summed E-state index contributed by atoms with van der Waals surface area (Å²) in [7, 11) is 0. The second-order valence-electron chi connectivity index (χ2n) is 4.14. The molecule has 1 aromatic heterocycles. The topological polar surface area (TPSA) is 35.8 Å². The Balaban J connectivity index is 2.01. The van der Waals surface area contributed by atoms with E-state index in [0.717, 1.165) is 6.42 Å². The smallest absolute Gasteiger partial charge is 0.143 e. The van der Waals surface area contributed by atoms with Crippen LogP contribution in [-0.4, -0.2) is 6.04 Å². The Bertz CT molecular complexity index is 558. The maximum Gasteiger partial charge on any atom is 0.143 e. The lowest BCUT2D eigenvalue weighted by Gasteiger charge is -2.14. The number of anilines is 1. The first kappa shape index (κ1) is 12.6. The molecule has 18 heavy (non-hydrogen) atoms. The summed E-state index contributed by atoms with van der Waals surface area (Å²) in [6.45, 7) is 2.05. The van der Waals surface area contributed by atoms with Gasteiger partial charge < -0.3 is 5.32 Å². The third-order valence-electron chi connectivity index (χ3n) is 2.59. The van der Waals surface area contributed by atoms with Gasteiger partial charge in [0.25, 0.3) is 0 Å². The molecule has 0 aliphatic rings. The van der Waals surface area contributed by atoms with Crippen LogP contribution in [0.15, 0.2) is 35.7 Å². The number of thiophene rings is 1. The molecule has 1 N–H and O–H groups in total. The first-order chi connectivity index (χ1) is 8.69. The summed E-state index contributed by atoms with van der Waals surface area (Å²) in [5.74, 6) is -0.481. The van der Waals surface area contributed by atoms with E-state index in [1.165, 1.54) is 17.0 Å². The average Bonchev–Trinajstić information content (AvgIpc) is 2.82. The Morgan fingerprint density at radius 2 is 2.28 bits per heavy atom. The maximum absolute atomic E-state index is 13.4. The zero-order chi connectivity index (χ0) is 13.0. The van der Waals surface area contributed by atoms with E-state index < -0.39 is 5.82 Å². The molecule has 1 unspecified atom stereocenters. The lowest BCUT2D eigenvalue weighted by Crippen LogP contribution is -2.17. The van der Waals surface area contributed by atoms with Crippen LogP contribution in [0.3, 0.4) is 0 Å². The predicted molar refractivity (Wildman–Crippen MR) is 72.2 cm³/mol. The highest BCUT2D eigenvalue weighted by Gasteiger charge is 2.07. The lowest BCUT2D eigenvalue weighted by molar-refractivity contribution is 0.624. The minimum Gasteiger partial charge on any atom is -0.382 e. The van der Waals surface area contributed by atoms with Crippen molar-refractivity contribution < 1.29 is 4.39 Å². The molecule has 0 radical (unpaired) electrons. The highest BCUT2D eigenvalue weighted by molar-refractivity contribution is 7.09. The molecule has 2 aromatic rings. The fourth-order valence-electron chi connectivity index (χ4n) is 1.76. The summed E-state index contributed by atoms with van der Waals surface area (Å²) in [4.78, 5) is 1.30. The minimum atomic E-state index is -0.481. The maximum atomic E-state index is 13.4. The van der Waals surface area contributed by atoms with Crippen LogP contribution in [0.5, 0.6) is 0 Å². The Morgan fingerprint density at radius 1 is 1.44 bits per heavy atom. The van der Waals surface area contributed by atoms with E-state index >= 15 is 0 Å². The molecule has 0 aliphatic heterocycles. The number of nitrogens with zero attached hydrogens (tertiary/aromatic N) is 1. The average molecular weight is 260 g/mol. The number of halogens is 1. The number of benzene rings is 1. The molecule has 92 valence electrons. The van der Waals surface area contributed by atoms with E-state index in [-0.39, 0.29) is 11.6 Å². The Kier molecular flexibility index (Phi) is 3.96. The molecule has 1 atom stereocenters. The molecule has 2 rings (SSSR count). The van der Waals surface area contributed by atoms with E-state index in [1.54, 1.807) is 17.4 Å². The molecule has 2 nitrogen and oxygen atoms in total. The molecule has 0 bridgehead atoms. The van der Waals surface area contributed by atoms with Crippen LogP contribution in [0, 0.1) is 17.1 Å². The standard InChI is InChI=1S/C14H13FN2S/c1-10(7-13-3-2-6-18-13)17-12-5-4-11(9-16)14(15)8-12/h2-6,8,10,17H,7H2,1H3. The van der Waals surface area contributed by atoms with Gasteiger partial charge in [0.15, 0.2) is 0 Å². The molecule has 0 saturated heterocycles. The van der Waals surface area contributed by atoms with Crippen molar-refractivity contribution in [1.82, 2.24) is 0 Å². The van der Waals surface area contributed by atoms with Crippen molar-refractivity contribution in [2.75, 3.05) is 5.32 Å². The first-order valence-electron chi connectivity index (χ1n) is 5.67. The number of rotatable bonds is 4. The SMILES string of the molecule is CC(Cc1cccs1)Nc1ccc(C#N)c(F)c1. The van der Waals surface area contributed by atoms with E-state index in [0.29, 0.717) is 5.69 Å². The van der Waals surface area contributed by atoms with Gasteiger partial charge in [-0.1, -0.05) is 6.07 Å². The number of hydrogen-bond acceptors (Lipinski definition) is 3. The summed E-state index contributed by atoms with van der Waals surface area (Å²) in [6.07, 6.45) is 0.902. The second kappa shape index (κ2) is 5.65. The minimum absolute atomic E-state index is 0.0754. The van der Waals surface area contributed by atoms with Crippen LogP contribution >= 0.6 is 11.3 Å². The fraction of sp³-hybridized carbons (Fsp3) is 0.214. The molecular weight excluding hydrogens is 247 g/mol. The summed E-state index contributed by atoms with van der Waals surface area (Å²) in [5.41, 5.74) is 0.780. The predicted octanol–water partition coefficient (Wildman–Crippen LogP) is 3.80. The van der Waals surface area contributed by atoms with Crippen molar-refractivity contribution in [3.63, 3.8) is 0 Å². The van der Waals surface area contributed by atoms with Crippen LogP contribution < -0.4 is 5.32 Å². The van der Waals surface area contributed by atoms with Gasteiger partial charge in [0.1, 0.15) is 11.9 Å². The van der Waals surface area contributed by atoms with Crippen molar-refractivity contribution in [3.05, 3.63) is 52.0 Å². The highest BCUT2D eigenvalue weighted by atomic mass is 32.1. The van der Waals surface area contributed by atoms with Crippen LogP contribution in [0.25, 0.3) is 0 Å². The normalized spacial score (nSPS) is 11.8. The number of nitrogens with one attached hydrogen (secondary N) is 1. The highest BCUT2D eigenvalue weighted by Crippen LogP contribution is 2.17. The van der Waals surface area contributed by atoms with E-state index in [1.807, 2.05) is 17.5 Å². The van der Waals surface area contributed by atoms with Gasteiger partial charge in [0.2, 0.25) is 0 Å². The van der Waals surface area contributed by atoms with Crippen LogP contribution in [0.4, 0.5) is 10.1 Å². The van der Waals surface area contributed by atoms with Gasteiger partial charge in [-0.25, -0.2) is 4.39 Å². The molecule has 0 amide bonds. The van der Waals surface area contributed by atoms with Gasteiger partial charge in [-0.2, -0.15) is 5.26 Å². The zero-order valence-corrected chi connectivity index (χ0v) is 10.8. The Morgan fingerprint density at radius 3 is 2.89 bits per heavy atom. The van der Waals surface area contributed by atoms with Crippen LogP contribution in [0.2, 0.25) is 0 Å². The van der Waals surface area contributed by atoms with Gasteiger partial charge in [-0.15, -0.1) is 11.3 Å². The third kappa shape index (κ3) is 3.08. The van der Waals surface area contributed by atoms with Gasteiger partial charge in [0, 0.05) is 23.0 Å². The number of nitriles is 1. The second-order valence-corrected chi connectivity index (χ2v) is 5.17. The van der Waals surface area contributed by atoms with E-state index in [4.69, 9.17) is 5.26 Å². The zero-order valence-electron chi connectivity index (χ0n) is 9.98. The summed E-state index contributed by atoms with van der Waals surface area (Å²) < 4.78 is 13.4. The largest absolute Gasteiger partial charge is 0.382 e. The summed E-state index contributed by atoms with van der Waals surface area (Å²) >= 11 is 1.71. The van der Waals surface area contributed by atoms with Crippen molar-refractivity contribution in [3.8, 4) is 6.07 Å². The molecule has 1 aromatic carbocycles. The van der Waals surface area contributed by atoms with Crippen molar-refractivity contribution in [2.24, 2.45) is 0 Å². The molecule has 0 fully saturated rings. The summed E-state index contributed by atoms with van der Waals surface area (Å²) in [5, 5.41) is 13.9. The van der Waals surface area contributed by atoms with Crippen LogP contribution in [-0.2, 0) is 6.42 Å². The van der Waals surface area contributed by atoms with Crippen molar-refractivity contribution in [2.45, 2.75) is 19.4 Å². The monoisotopic (exact) mass is 260 g/mol. The summed E-state index contributed by atoms with van der Waals surface area (Å²) in [6, 6.07) is 10.7. The molecule has 4 heteroatoms. The van der Waals surface area contributed by atoms with E-state index in [9.17, 15) is 4.39 Å². The van der Waals surface area contributed by atoms with Crippen molar-refractivity contribution in [1.29, 1.82) is 5.26 Å². The van der Waals surface area contributed by atoms with Gasteiger partial charge >= 0.3 is 0 Å². The van der Waals surface area contributed by atoms with E-state index in [2.05, 4.69) is 18.3 Å². The molecule has 0 aliphatic carbocycles. The fourth-order valence-corrected chi connectivity index (χ4v) is 2.60.